The summed E-state index contributed by atoms with van der Waals surface area (Å²) in [5.74, 6) is 0. The predicted octanol–water partition coefficient (Wildman–Crippen LogP) is 1.80. The van der Waals surface area contributed by atoms with E-state index in [-0.39, 0.29) is 0 Å². The van der Waals surface area contributed by atoms with Crippen molar-refractivity contribution in [3.8, 4) is 0 Å². The van der Waals surface area contributed by atoms with Crippen LogP contribution in [0.4, 0.5) is 4.79 Å². The van der Waals surface area contributed by atoms with Crippen molar-refractivity contribution in [2.75, 3.05) is 0 Å². The minimum atomic E-state index is -1.06. The number of carbonyl (C=O) groups is 1. The molecule has 0 spiro atoms. The largest absolute Gasteiger partial charge is 0.540 e. The van der Waals surface area contributed by atoms with E-state index in [9.17, 15) is 4.79 Å². The molecule has 0 radical (unpaired) electrons. The molecule has 0 unspecified atom stereocenters. The Labute approximate surface area is 59.7 Å². The third-order valence-corrected chi connectivity index (χ3v) is 1.29. The van der Waals surface area contributed by atoms with E-state index in [4.69, 9.17) is 5.26 Å². The molecule has 0 rings (SSSR count). The van der Waals surface area contributed by atoms with Gasteiger partial charge < -0.3 is 4.74 Å². The first kappa shape index (κ1) is 9.23. The molecule has 0 aromatic rings. The molecular formula is C6H12O4. The van der Waals surface area contributed by atoms with Crippen LogP contribution >= 0.6 is 0 Å². The van der Waals surface area contributed by atoms with E-state index in [1.54, 1.807) is 13.8 Å². The fourth-order valence-corrected chi connectivity index (χ4v) is 0.316. The Kier molecular flexibility index (Phi) is 3.15. The molecule has 0 saturated heterocycles. The highest BCUT2D eigenvalue weighted by atomic mass is 17.1. The third kappa shape index (κ3) is 3.29. The summed E-state index contributed by atoms with van der Waals surface area (Å²) < 4.78 is 4.62. The SMILES string of the molecule is CCC(C)(C)OC(=O)OO. The molecule has 4 heteroatoms. The van der Waals surface area contributed by atoms with Crippen LogP contribution in [-0.4, -0.2) is 17.0 Å². The van der Waals surface area contributed by atoms with Crippen LogP contribution in [-0.2, 0) is 9.62 Å². The minimum Gasteiger partial charge on any atom is -0.426 e. The van der Waals surface area contributed by atoms with E-state index >= 15 is 0 Å². The van der Waals surface area contributed by atoms with Gasteiger partial charge in [0.15, 0.2) is 0 Å². The van der Waals surface area contributed by atoms with Gasteiger partial charge in [0.1, 0.15) is 5.60 Å². The molecule has 4 nitrogen and oxygen atoms in total. The molecule has 0 fully saturated rings. The number of carbonyl (C=O) groups excluding carboxylic acids is 1. The summed E-state index contributed by atoms with van der Waals surface area (Å²) in [6, 6.07) is 0. The van der Waals surface area contributed by atoms with Gasteiger partial charge in [0.25, 0.3) is 0 Å². The van der Waals surface area contributed by atoms with E-state index < -0.39 is 11.8 Å². The quantitative estimate of drug-likeness (QED) is 0.368. The van der Waals surface area contributed by atoms with Crippen LogP contribution in [0.1, 0.15) is 27.2 Å². The molecular weight excluding hydrogens is 136 g/mol. The first-order valence-corrected chi connectivity index (χ1v) is 3.06. The molecule has 0 aromatic carbocycles. The lowest BCUT2D eigenvalue weighted by atomic mass is 10.1. The summed E-state index contributed by atoms with van der Waals surface area (Å²) in [5, 5.41) is 7.82. The Bertz CT molecular complexity index is 119. The normalized spacial score (nSPS) is 10.8. The van der Waals surface area contributed by atoms with Crippen molar-refractivity contribution in [1.82, 2.24) is 0 Å². The first-order valence-electron chi connectivity index (χ1n) is 3.06. The second-order valence-electron chi connectivity index (χ2n) is 2.56. The lowest BCUT2D eigenvalue weighted by Gasteiger charge is -2.20. The van der Waals surface area contributed by atoms with Crippen molar-refractivity contribution in [1.29, 1.82) is 0 Å². The van der Waals surface area contributed by atoms with E-state index in [1.807, 2.05) is 6.92 Å². The summed E-state index contributed by atoms with van der Waals surface area (Å²) in [5.41, 5.74) is -0.570. The Balaban J connectivity index is 3.76. The Hall–Kier alpha value is -0.770. The van der Waals surface area contributed by atoms with Gasteiger partial charge in [-0.05, 0) is 20.3 Å². The van der Waals surface area contributed by atoms with Crippen LogP contribution < -0.4 is 0 Å². The highest BCUT2D eigenvalue weighted by Crippen LogP contribution is 2.13. The fraction of sp³-hybridized carbons (Fsp3) is 0.833. The van der Waals surface area contributed by atoms with Gasteiger partial charge in [-0.25, -0.2) is 4.79 Å². The standard InChI is InChI=1S/C6H12O4/c1-4-6(2,3)9-5(7)10-8/h8H,4H2,1-3H3. The Morgan fingerprint density at radius 3 is 2.40 bits per heavy atom. The van der Waals surface area contributed by atoms with Crippen LogP contribution in [0, 0.1) is 0 Å². The van der Waals surface area contributed by atoms with E-state index in [1.165, 1.54) is 0 Å². The van der Waals surface area contributed by atoms with Crippen LogP contribution in [0.3, 0.4) is 0 Å². The molecule has 0 bridgehead atoms. The van der Waals surface area contributed by atoms with Crippen molar-refractivity contribution in [3.63, 3.8) is 0 Å². The Morgan fingerprint density at radius 2 is 2.10 bits per heavy atom. The predicted molar refractivity (Wildman–Crippen MR) is 34.6 cm³/mol. The van der Waals surface area contributed by atoms with Crippen molar-refractivity contribution in [2.24, 2.45) is 0 Å². The number of rotatable bonds is 2. The highest BCUT2D eigenvalue weighted by Gasteiger charge is 2.21. The van der Waals surface area contributed by atoms with E-state index in [0.29, 0.717) is 6.42 Å². The summed E-state index contributed by atoms with van der Waals surface area (Å²) in [7, 11) is 0. The summed E-state index contributed by atoms with van der Waals surface area (Å²) in [6.45, 7) is 5.32. The second kappa shape index (κ2) is 3.41. The average Bonchev–Trinajstić information content (AvgIpc) is 1.87. The monoisotopic (exact) mass is 148 g/mol. The maximum atomic E-state index is 10.3. The molecule has 0 aromatic heterocycles. The number of ether oxygens (including phenoxy) is 1. The molecule has 0 aliphatic carbocycles. The van der Waals surface area contributed by atoms with Crippen LogP contribution in [0.2, 0.25) is 0 Å². The zero-order valence-electron chi connectivity index (χ0n) is 6.38. The maximum absolute atomic E-state index is 10.3. The molecule has 0 heterocycles. The van der Waals surface area contributed by atoms with Gasteiger partial charge in [-0.15, -0.1) is 0 Å². The molecule has 60 valence electrons. The zero-order chi connectivity index (χ0) is 8.20. The van der Waals surface area contributed by atoms with Crippen LogP contribution in [0.15, 0.2) is 0 Å². The van der Waals surface area contributed by atoms with Gasteiger partial charge in [0.2, 0.25) is 0 Å². The molecule has 0 aliphatic heterocycles. The van der Waals surface area contributed by atoms with Gasteiger partial charge in [-0.1, -0.05) is 6.92 Å². The average molecular weight is 148 g/mol. The summed E-state index contributed by atoms with van der Waals surface area (Å²) >= 11 is 0. The smallest absolute Gasteiger partial charge is 0.426 e. The van der Waals surface area contributed by atoms with Crippen LogP contribution in [0.5, 0.6) is 0 Å². The maximum Gasteiger partial charge on any atom is 0.540 e. The molecule has 0 saturated carbocycles. The van der Waals surface area contributed by atoms with E-state index in [2.05, 4.69) is 9.62 Å². The molecule has 0 aliphatic rings. The molecule has 0 atom stereocenters. The van der Waals surface area contributed by atoms with Gasteiger partial charge in [-0.2, -0.15) is 5.26 Å². The summed E-state index contributed by atoms with van der Waals surface area (Å²) in [6.07, 6.45) is -0.394. The lowest BCUT2D eigenvalue weighted by Crippen LogP contribution is -2.26. The molecule has 0 amide bonds. The Morgan fingerprint density at radius 1 is 1.60 bits per heavy atom. The zero-order valence-corrected chi connectivity index (χ0v) is 6.38. The lowest BCUT2D eigenvalue weighted by molar-refractivity contribution is -0.211. The second-order valence-corrected chi connectivity index (χ2v) is 2.56. The topological polar surface area (TPSA) is 55.8 Å². The molecule has 1 N–H and O–H groups in total. The third-order valence-electron chi connectivity index (χ3n) is 1.29. The minimum absolute atomic E-state index is 0.570. The number of hydrogen-bond acceptors (Lipinski definition) is 4. The fourth-order valence-electron chi connectivity index (χ4n) is 0.316. The van der Waals surface area contributed by atoms with Gasteiger partial charge in [-0.3, -0.25) is 4.89 Å². The van der Waals surface area contributed by atoms with Crippen molar-refractivity contribution in [2.45, 2.75) is 32.8 Å². The first-order chi connectivity index (χ1) is 4.52. The highest BCUT2D eigenvalue weighted by molar-refractivity contribution is 5.59. The number of hydrogen-bond donors (Lipinski definition) is 1. The molecule has 10 heavy (non-hydrogen) atoms. The van der Waals surface area contributed by atoms with Gasteiger partial charge >= 0.3 is 6.16 Å². The summed E-state index contributed by atoms with van der Waals surface area (Å²) in [4.78, 5) is 13.6. The van der Waals surface area contributed by atoms with Crippen molar-refractivity contribution < 1.29 is 19.7 Å². The van der Waals surface area contributed by atoms with Crippen molar-refractivity contribution in [3.05, 3.63) is 0 Å². The van der Waals surface area contributed by atoms with Gasteiger partial charge in [0, 0.05) is 0 Å². The van der Waals surface area contributed by atoms with E-state index in [0.717, 1.165) is 0 Å². The van der Waals surface area contributed by atoms with Crippen molar-refractivity contribution >= 4 is 6.16 Å². The van der Waals surface area contributed by atoms with Gasteiger partial charge in [0.05, 0.1) is 0 Å². The van der Waals surface area contributed by atoms with Crippen LogP contribution in [0.25, 0.3) is 0 Å².